The van der Waals surface area contributed by atoms with Gasteiger partial charge in [0.25, 0.3) is 0 Å². The van der Waals surface area contributed by atoms with E-state index in [4.69, 9.17) is 11.1 Å². The van der Waals surface area contributed by atoms with Crippen LogP contribution in [0.25, 0.3) is 0 Å². The van der Waals surface area contributed by atoms with Gasteiger partial charge in [-0.05, 0) is 29.9 Å². The van der Waals surface area contributed by atoms with Crippen molar-refractivity contribution in [1.29, 1.82) is 5.41 Å². The predicted molar refractivity (Wildman–Crippen MR) is 65.0 cm³/mol. The third kappa shape index (κ3) is 3.52. The molecule has 0 aromatic rings. The fraction of sp³-hybridized carbons (Fsp3) is 0.909. The summed E-state index contributed by atoms with van der Waals surface area (Å²) in [5, 5.41) is 8.05. The molecule has 1 aliphatic carbocycles. The van der Waals surface area contributed by atoms with E-state index >= 15 is 0 Å². The molecule has 2 nitrogen and oxygen atoms in total. The molecule has 0 aliphatic heterocycles. The van der Waals surface area contributed by atoms with Crippen molar-refractivity contribution in [2.45, 2.75) is 45.3 Å². The van der Waals surface area contributed by atoms with E-state index in [1.165, 1.54) is 18.6 Å². The van der Waals surface area contributed by atoms with Gasteiger partial charge in [0, 0.05) is 11.7 Å². The summed E-state index contributed by atoms with van der Waals surface area (Å²) in [5.74, 6) is 2.29. The van der Waals surface area contributed by atoms with Gasteiger partial charge in [0.15, 0.2) is 0 Å². The number of nitrogens with two attached hydrogens (primary N) is 1. The molecule has 0 bridgehead atoms. The normalized spacial score (nSPS) is 20.9. The van der Waals surface area contributed by atoms with Crippen LogP contribution in [0.15, 0.2) is 0 Å². The third-order valence-electron chi connectivity index (χ3n) is 3.11. The summed E-state index contributed by atoms with van der Waals surface area (Å²) < 4.78 is 0. The summed E-state index contributed by atoms with van der Waals surface area (Å²) in [6.45, 7) is 6.82. The van der Waals surface area contributed by atoms with Gasteiger partial charge in [0.05, 0.1) is 5.84 Å². The van der Waals surface area contributed by atoms with Crippen molar-refractivity contribution < 1.29 is 0 Å². The van der Waals surface area contributed by atoms with Crippen LogP contribution in [0.1, 0.15) is 40.0 Å². The van der Waals surface area contributed by atoms with Gasteiger partial charge in [0.2, 0.25) is 0 Å². The second kappa shape index (κ2) is 4.56. The minimum atomic E-state index is 0.361. The molecule has 0 heterocycles. The van der Waals surface area contributed by atoms with Gasteiger partial charge in [-0.1, -0.05) is 20.8 Å². The SMILES string of the molecule is CC(C)C(C)SCC1(CC(=N)N)CC1. The first-order valence-electron chi connectivity index (χ1n) is 5.40. The summed E-state index contributed by atoms with van der Waals surface area (Å²) in [7, 11) is 0. The van der Waals surface area contributed by atoms with E-state index in [0.29, 0.717) is 11.3 Å². The highest BCUT2D eigenvalue weighted by Crippen LogP contribution is 2.51. The molecule has 14 heavy (non-hydrogen) atoms. The highest BCUT2D eigenvalue weighted by molar-refractivity contribution is 7.99. The first kappa shape index (κ1) is 11.9. The van der Waals surface area contributed by atoms with Gasteiger partial charge < -0.3 is 5.73 Å². The average molecular weight is 214 g/mol. The van der Waals surface area contributed by atoms with Gasteiger partial charge in [-0.2, -0.15) is 11.8 Å². The molecule has 1 fully saturated rings. The van der Waals surface area contributed by atoms with E-state index in [0.717, 1.165) is 17.6 Å². The first-order chi connectivity index (χ1) is 6.45. The van der Waals surface area contributed by atoms with Crippen LogP contribution >= 0.6 is 11.8 Å². The summed E-state index contributed by atoms with van der Waals surface area (Å²) >= 11 is 2.04. The number of hydrogen-bond acceptors (Lipinski definition) is 2. The number of hydrogen-bond donors (Lipinski definition) is 2. The van der Waals surface area contributed by atoms with Gasteiger partial charge in [-0.15, -0.1) is 0 Å². The molecule has 1 rings (SSSR count). The van der Waals surface area contributed by atoms with E-state index in [9.17, 15) is 0 Å². The molecule has 0 aromatic carbocycles. The summed E-state index contributed by atoms with van der Waals surface area (Å²) in [6, 6.07) is 0. The Morgan fingerprint density at radius 2 is 2.00 bits per heavy atom. The van der Waals surface area contributed by atoms with E-state index in [1.807, 2.05) is 11.8 Å². The number of amidine groups is 1. The van der Waals surface area contributed by atoms with E-state index in [-0.39, 0.29) is 0 Å². The zero-order chi connectivity index (χ0) is 10.8. The lowest BCUT2D eigenvalue weighted by atomic mass is 10.1. The fourth-order valence-corrected chi connectivity index (χ4v) is 2.85. The van der Waals surface area contributed by atoms with Crippen molar-refractivity contribution in [3.63, 3.8) is 0 Å². The number of rotatable bonds is 6. The largest absolute Gasteiger partial charge is 0.388 e. The molecule has 3 N–H and O–H groups in total. The van der Waals surface area contributed by atoms with Crippen molar-refractivity contribution in [2.24, 2.45) is 17.1 Å². The lowest BCUT2D eigenvalue weighted by molar-refractivity contribution is 0.599. The maximum atomic E-state index is 7.33. The predicted octanol–water partition coefficient (Wildman–Crippen LogP) is 2.87. The third-order valence-corrected chi connectivity index (χ3v) is 4.96. The van der Waals surface area contributed by atoms with E-state index in [1.54, 1.807) is 0 Å². The Kier molecular flexibility index (Phi) is 3.87. The first-order valence-corrected chi connectivity index (χ1v) is 6.44. The second-order valence-corrected chi connectivity index (χ2v) is 6.33. The zero-order valence-electron chi connectivity index (χ0n) is 9.47. The van der Waals surface area contributed by atoms with Gasteiger partial charge >= 0.3 is 0 Å². The van der Waals surface area contributed by atoms with Crippen molar-refractivity contribution in [2.75, 3.05) is 5.75 Å². The molecule has 1 atom stereocenters. The smallest absolute Gasteiger partial charge is 0.0911 e. The highest BCUT2D eigenvalue weighted by Gasteiger charge is 2.43. The molecule has 0 radical (unpaired) electrons. The van der Waals surface area contributed by atoms with Crippen LogP contribution in [0, 0.1) is 16.7 Å². The Bertz CT molecular complexity index is 209. The molecular formula is C11H22N2S. The number of thioether (sulfide) groups is 1. The Hall–Kier alpha value is -0.180. The topological polar surface area (TPSA) is 49.9 Å². The molecule has 1 saturated carbocycles. The molecule has 82 valence electrons. The van der Waals surface area contributed by atoms with Crippen molar-refractivity contribution in [3.05, 3.63) is 0 Å². The quantitative estimate of drug-likeness (QED) is 0.527. The van der Waals surface area contributed by atoms with Crippen LogP contribution in [0.2, 0.25) is 0 Å². The van der Waals surface area contributed by atoms with E-state index in [2.05, 4.69) is 20.8 Å². The van der Waals surface area contributed by atoms with Crippen LogP contribution < -0.4 is 5.73 Å². The maximum Gasteiger partial charge on any atom is 0.0911 e. The van der Waals surface area contributed by atoms with Gasteiger partial charge in [0.1, 0.15) is 0 Å². The van der Waals surface area contributed by atoms with Gasteiger partial charge in [-0.3, -0.25) is 5.41 Å². The highest BCUT2D eigenvalue weighted by atomic mass is 32.2. The van der Waals surface area contributed by atoms with Crippen molar-refractivity contribution >= 4 is 17.6 Å². The number of nitrogens with one attached hydrogen (secondary N) is 1. The Morgan fingerprint density at radius 3 is 2.36 bits per heavy atom. The Morgan fingerprint density at radius 1 is 1.43 bits per heavy atom. The van der Waals surface area contributed by atoms with Crippen LogP contribution in [-0.2, 0) is 0 Å². The molecule has 3 heteroatoms. The van der Waals surface area contributed by atoms with Crippen LogP contribution in [-0.4, -0.2) is 16.8 Å². The molecule has 0 spiro atoms. The zero-order valence-corrected chi connectivity index (χ0v) is 10.3. The molecule has 1 aliphatic rings. The second-order valence-electron chi connectivity index (χ2n) is 4.96. The van der Waals surface area contributed by atoms with Crippen LogP contribution in [0.5, 0.6) is 0 Å². The fourth-order valence-electron chi connectivity index (χ4n) is 1.45. The van der Waals surface area contributed by atoms with Crippen molar-refractivity contribution in [1.82, 2.24) is 0 Å². The minimum absolute atomic E-state index is 0.361. The molecular weight excluding hydrogens is 192 g/mol. The summed E-state index contributed by atoms with van der Waals surface area (Å²) in [4.78, 5) is 0. The van der Waals surface area contributed by atoms with Gasteiger partial charge in [-0.25, -0.2) is 0 Å². The van der Waals surface area contributed by atoms with Crippen molar-refractivity contribution in [3.8, 4) is 0 Å². The summed E-state index contributed by atoms with van der Waals surface area (Å²) in [5.41, 5.74) is 5.86. The molecule has 0 amide bonds. The standard InChI is InChI=1S/C11H22N2S/c1-8(2)9(3)14-7-11(4-5-11)6-10(12)13/h8-9H,4-7H2,1-3H3,(H3,12,13). The Balaban J connectivity index is 2.27. The summed E-state index contributed by atoms with van der Waals surface area (Å²) in [6.07, 6.45) is 3.35. The monoisotopic (exact) mass is 214 g/mol. The minimum Gasteiger partial charge on any atom is -0.388 e. The maximum absolute atomic E-state index is 7.33. The van der Waals surface area contributed by atoms with E-state index < -0.39 is 0 Å². The van der Waals surface area contributed by atoms with Crippen LogP contribution in [0.3, 0.4) is 0 Å². The van der Waals surface area contributed by atoms with Crippen LogP contribution in [0.4, 0.5) is 0 Å². The molecule has 0 saturated heterocycles. The lowest BCUT2D eigenvalue weighted by Gasteiger charge is -2.19. The molecule has 0 aromatic heterocycles. The lowest BCUT2D eigenvalue weighted by Crippen LogP contribution is -2.19. The Labute approximate surface area is 91.5 Å². The molecule has 1 unspecified atom stereocenters. The average Bonchev–Trinajstić information content (AvgIpc) is 2.80.